The molecule has 7 nitrogen and oxygen atoms in total. The van der Waals surface area contributed by atoms with E-state index in [4.69, 9.17) is 0 Å². The van der Waals surface area contributed by atoms with E-state index in [2.05, 4.69) is 9.88 Å². The zero-order valence-electron chi connectivity index (χ0n) is 16.3. The van der Waals surface area contributed by atoms with Gasteiger partial charge in [0, 0.05) is 56.1 Å². The van der Waals surface area contributed by atoms with Crippen molar-refractivity contribution in [2.75, 3.05) is 26.4 Å². The average molecular weight is 403 g/mol. The Morgan fingerprint density at radius 2 is 1.96 bits per heavy atom. The molecule has 0 aliphatic carbocycles. The number of hydrogen-bond donors (Lipinski definition) is 0. The molecule has 2 aliphatic heterocycles. The fourth-order valence-corrected chi connectivity index (χ4v) is 5.39. The number of hydrogen-bond acceptors (Lipinski definition) is 5. The van der Waals surface area contributed by atoms with Gasteiger partial charge >= 0.3 is 0 Å². The number of aromatic nitrogens is 2. The zero-order valence-corrected chi connectivity index (χ0v) is 17.1. The summed E-state index contributed by atoms with van der Waals surface area (Å²) in [5, 5.41) is 0. The van der Waals surface area contributed by atoms with Gasteiger partial charge in [0.1, 0.15) is 0 Å². The Morgan fingerprint density at radius 1 is 1.14 bits per heavy atom. The topological polar surface area (TPSA) is 75.5 Å². The van der Waals surface area contributed by atoms with Crippen LogP contribution in [0.2, 0.25) is 0 Å². The molecule has 0 aromatic carbocycles. The van der Waals surface area contributed by atoms with E-state index in [9.17, 15) is 13.2 Å². The van der Waals surface area contributed by atoms with E-state index in [1.807, 2.05) is 41.9 Å². The summed E-state index contributed by atoms with van der Waals surface area (Å²) in [5.74, 6) is 0.287. The smallest absolute Gasteiger partial charge is 0.255 e. The minimum Gasteiger partial charge on any atom is -0.312 e. The van der Waals surface area contributed by atoms with Crippen molar-refractivity contribution in [3.05, 3.63) is 63.8 Å². The van der Waals surface area contributed by atoms with Crippen LogP contribution in [0.15, 0.2) is 41.3 Å². The van der Waals surface area contributed by atoms with Crippen LogP contribution in [0.3, 0.4) is 0 Å². The summed E-state index contributed by atoms with van der Waals surface area (Å²) in [6.45, 7) is 2.80. The first-order chi connectivity index (χ1) is 13.3. The maximum Gasteiger partial charge on any atom is 0.255 e. The minimum atomic E-state index is -3.20. The molecule has 2 aromatic heterocycles. The van der Waals surface area contributed by atoms with Gasteiger partial charge in [0.05, 0.1) is 11.9 Å². The number of nitrogens with zero attached hydrogens (tertiary/aromatic N) is 4. The number of sulfonamides is 1. The van der Waals surface area contributed by atoms with Crippen LogP contribution in [-0.4, -0.2) is 53.6 Å². The quantitative estimate of drug-likeness (QED) is 0.753. The second-order valence-electron chi connectivity index (χ2n) is 8.07. The molecule has 1 fully saturated rings. The average Bonchev–Trinajstić information content (AvgIpc) is 2.64. The number of piperidine rings is 1. The molecule has 0 spiro atoms. The molecule has 4 heterocycles. The van der Waals surface area contributed by atoms with E-state index in [1.54, 1.807) is 10.5 Å². The lowest BCUT2D eigenvalue weighted by atomic mass is 9.84. The Morgan fingerprint density at radius 3 is 2.68 bits per heavy atom. The van der Waals surface area contributed by atoms with Crippen LogP contribution < -0.4 is 5.56 Å². The highest BCUT2D eigenvalue weighted by Crippen LogP contribution is 2.36. The van der Waals surface area contributed by atoms with Gasteiger partial charge < -0.3 is 4.57 Å². The largest absolute Gasteiger partial charge is 0.312 e. The van der Waals surface area contributed by atoms with Gasteiger partial charge in [-0.05, 0) is 37.6 Å². The molecule has 2 aliphatic rings. The fraction of sp³-hybridized carbons (Fsp3) is 0.500. The van der Waals surface area contributed by atoms with Crippen molar-refractivity contribution >= 4 is 10.0 Å². The predicted octanol–water partition coefficient (Wildman–Crippen LogP) is 1.25. The highest BCUT2D eigenvalue weighted by Gasteiger charge is 2.37. The molecule has 0 N–H and O–H groups in total. The summed E-state index contributed by atoms with van der Waals surface area (Å²) in [6, 6.07) is 9.75. The molecule has 0 saturated carbocycles. The predicted molar refractivity (Wildman–Crippen MR) is 107 cm³/mol. The van der Waals surface area contributed by atoms with Gasteiger partial charge in [-0.25, -0.2) is 12.7 Å². The molecule has 0 amide bonds. The van der Waals surface area contributed by atoms with Crippen molar-refractivity contribution < 1.29 is 8.42 Å². The van der Waals surface area contributed by atoms with Crippen LogP contribution in [0.25, 0.3) is 0 Å². The molecule has 150 valence electrons. The Labute approximate surface area is 165 Å². The first-order valence-electron chi connectivity index (χ1n) is 9.57. The van der Waals surface area contributed by atoms with Crippen molar-refractivity contribution in [1.29, 1.82) is 0 Å². The van der Waals surface area contributed by atoms with Crippen LogP contribution in [-0.2, 0) is 29.7 Å². The van der Waals surface area contributed by atoms with E-state index < -0.39 is 10.0 Å². The lowest BCUT2D eigenvalue weighted by molar-refractivity contribution is 0.186. The summed E-state index contributed by atoms with van der Waals surface area (Å²) in [7, 11) is -1.22. The highest BCUT2D eigenvalue weighted by atomic mass is 32.2. The number of fused-ring (bicyclic) bond motifs is 4. The molecule has 1 saturated heterocycles. The third kappa shape index (κ3) is 3.90. The van der Waals surface area contributed by atoms with Gasteiger partial charge in [-0.2, -0.15) is 0 Å². The van der Waals surface area contributed by atoms with Gasteiger partial charge in [-0.15, -0.1) is 0 Å². The minimum absolute atomic E-state index is 0.0490. The molecule has 2 aromatic rings. The van der Waals surface area contributed by atoms with Crippen molar-refractivity contribution in [3.8, 4) is 0 Å². The van der Waals surface area contributed by atoms with Gasteiger partial charge in [0.2, 0.25) is 10.0 Å². The zero-order chi connectivity index (χ0) is 19.9. The van der Waals surface area contributed by atoms with Crippen LogP contribution in [0.4, 0.5) is 0 Å². The van der Waals surface area contributed by atoms with Gasteiger partial charge in [0.15, 0.2) is 0 Å². The number of pyridine rings is 2. The molecule has 0 unspecified atom stereocenters. The molecule has 0 radical (unpaired) electrons. The van der Waals surface area contributed by atoms with Crippen LogP contribution in [0.1, 0.15) is 29.3 Å². The fourth-order valence-electron chi connectivity index (χ4n) is 4.45. The van der Waals surface area contributed by atoms with E-state index in [-0.39, 0.29) is 17.4 Å². The molecule has 8 heteroatoms. The van der Waals surface area contributed by atoms with E-state index in [0.29, 0.717) is 32.7 Å². The van der Waals surface area contributed by atoms with Crippen LogP contribution in [0.5, 0.6) is 0 Å². The van der Waals surface area contributed by atoms with Crippen molar-refractivity contribution in [2.24, 2.45) is 5.92 Å². The van der Waals surface area contributed by atoms with Gasteiger partial charge in [-0.1, -0.05) is 12.1 Å². The van der Waals surface area contributed by atoms with E-state index in [1.165, 1.54) is 6.26 Å². The molecular formula is C20H26N4O3S. The second kappa shape index (κ2) is 7.42. The van der Waals surface area contributed by atoms with Gasteiger partial charge in [0.25, 0.3) is 5.56 Å². The Balaban J connectivity index is 1.55. The van der Waals surface area contributed by atoms with E-state index in [0.717, 1.165) is 23.4 Å². The van der Waals surface area contributed by atoms with Gasteiger partial charge in [-0.3, -0.25) is 14.7 Å². The molecular weight excluding hydrogens is 376 g/mol. The Bertz CT molecular complexity index is 1020. The Kier molecular flexibility index (Phi) is 5.11. The lowest BCUT2D eigenvalue weighted by Crippen LogP contribution is -2.49. The molecule has 28 heavy (non-hydrogen) atoms. The summed E-state index contributed by atoms with van der Waals surface area (Å²) in [6.07, 6.45) is 3.99. The van der Waals surface area contributed by atoms with Crippen LogP contribution in [0, 0.1) is 5.92 Å². The normalized spacial score (nSPS) is 22.2. The lowest BCUT2D eigenvalue weighted by Gasteiger charge is -2.41. The summed E-state index contributed by atoms with van der Waals surface area (Å²) in [4.78, 5) is 19.5. The second-order valence-corrected chi connectivity index (χ2v) is 10.1. The first kappa shape index (κ1) is 19.3. The molecule has 2 atom stereocenters. The number of rotatable bonds is 5. The summed E-state index contributed by atoms with van der Waals surface area (Å²) in [5.41, 5.74) is 2.75. The maximum absolute atomic E-state index is 13.1. The molecule has 4 rings (SSSR count). The summed E-state index contributed by atoms with van der Waals surface area (Å²) >= 11 is 0. The Hall–Kier alpha value is -2.03. The maximum atomic E-state index is 13.1. The van der Waals surface area contributed by atoms with E-state index >= 15 is 0 Å². The van der Waals surface area contributed by atoms with Crippen molar-refractivity contribution in [1.82, 2.24) is 18.8 Å². The third-order valence-corrected chi connectivity index (χ3v) is 6.95. The van der Waals surface area contributed by atoms with Crippen LogP contribution >= 0.6 is 0 Å². The third-order valence-electron chi connectivity index (χ3n) is 5.72. The SMILES string of the molecule is CN(Cc1ccccn1)Cc1ccc2n(c1=O)C[C@H]1C[C@@H]2CN(S(C)(=O)=O)C1. The van der Waals surface area contributed by atoms with Crippen molar-refractivity contribution in [3.63, 3.8) is 0 Å². The highest BCUT2D eigenvalue weighted by molar-refractivity contribution is 7.88. The first-order valence-corrected chi connectivity index (χ1v) is 11.4. The standard InChI is InChI=1S/C20H26N4O3S/c1-22(14-18-5-3-4-8-21-18)12-16-6-7-19-17-9-15(11-24(19)20(16)25)10-23(13-17)28(2,26)27/h3-8,15,17H,9-14H2,1-2H3/t15-,17+/m0/s1. The summed E-state index contributed by atoms with van der Waals surface area (Å²) < 4.78 is 27.4. The monoisotopic (exact) mass is 402 g/mol. The van der Waals surface area contributed by atoms with Crippen molar-refractivity contribution in [2.45, 2.75) is 32.0 Å². The molecule has 2 bridgehead atoms.